The summed E-state index contributed by atoms with van der Waals surface area (Å²) in [7, 11) is 0. The number of rotatable bonds is 3. The number of benzene rings is 1. The minimum Gasteiger partial charge on any atom is -0.381 e. The summed E-state index contributed by atoms with van der Waals surface area (Å²) in [6.45, 7) is 2.20. The van der Waals surface area contributed by atoms with Crippen LogP contribution in [0.4, 0.5) is 0 Å². The van der Waals surface area contributed by atoms with Gasteiger partial charge in [0.15, 0.2) is 5.78 Å². The molecule has 1 atom stereocenters. The Bertz CT molecular complexity index is 503. The molecule has 4 heteroatoms. The zero-order valence-corrected chi connectivity index (χ0v) is 13.3. The number of carbonyl (C=O) groups is 1. The smallest absolute Gasteiger partial charge is 0.167 e. The van der Waals surface area contributed by atoms with E-state index in [0.717, 1.165) is 49.4 Å². The van der Waals surface area contributed by atoms with E-state index in [1.165, 1.54) is 0 Å². The maximum absolute atomic E-state index is 12.9. The summed E-state index contributed by atoms with van der Waals surface area (Å²) < 4.78 is 11.5. The van der Waals surface area contributed by atoms with E-state index in [9.17, 15) is 4.79 Å². The number of ketones is 1. The van der Waals surface area contributed by atoms with E-state index in [-0.39, 0.29) is 17.3 Å². The summed E-state index contributed by atoms with van der Waals surface area (Å²) in [6.07, 6.45) is 5.54. The van der Waals surface area contributed by atoms with Crippen LogP contribution in [-0.2, 0) is 9.47 Å². The van der Waals surface area contributed by atoms with Crippen LogP contribution >= 0.6 is 11.8 Å². The van der Waals surface area contributed by atoms with E-state index in [1.807, 2.05) is 30.5 Å². The van der Waals surface area contributed by atoms with Gasteiger partial charge in [-0.25, -0.2) is 0 Å². The van der Waals surface area contributed by atoms with Gasteiger partial charge in [0, 0.05) is 36.2 Å². The lowest BCUT2D eigenvalue weighted by Gasteiger charge is -2.43. The summed E-state index contributed by atoms with van der Waals surface area (Å²) in [6, 6.07) is 7.94. The zero-order valence-electron chi connectivity index (χ0n) is 12.5. The molecule has 2 saturated heterocycles. The van der Waals surface area contributed by atoms with Crippen LogP contribution in [0.15, 0.2) is 29.2 Å². The highest BCUT2D eigenvalue weighted by Crippen LogP contribution is 2.39. The molecule has 21 heavy (non-hydrogen) atoms. The molecule has 0 N–H and O–H groups in total. The first-order valence-electron chi connectivity index (χ1n) is 7.63. The Morgan fingerprint density at radius 1 is 1.24 bits per heavy atom. The summed E-state index contributed by atoms with van der Waals surface area (Å²) in [5, 5.41) is 0. The average Bonchev–Trinajstić information content (AvgIpc) is 2.55. The van der Waals surface area contributed by atoms with Gasteiger partial charge in [-0.2, -0.15) is 0 Å². The molecule has 1 aromatic rings. The number of Topliss-reactive ketones (excluding diaryl/α,β-unsaturated/α-hetero) is 1. The second-order valence-electron chi connectivity index (χ2n) is 5.90. The van der Waals surface area contributed by atoms with Crippen LogP contribution < -0.4 is 0 Å². The zero-order chi connectivity index (χ0) is 14.7. The van der Waals surface area contributed by atoms with Gasteiger partial charge >= 0.3 is 0 Å². The highest BCUT2D eigenvalue weighted by atomic mass is 32.2. The van der Waals surface area contributed by atoms with Gasteiger partial charge in [0.05, 0.1) is 5.60 Å². The van der Waals surface area contributed by atoms with Crippen molar-refractivity contribution in [2.24, 2.45) is 5.92 Å². The fourth-order valence-electron chi connectivity index (χ4n) is 3.41. The van der Waals surface area contributed by atoms with E-state index < -0.39 is 0 Å². The highest BCUT2D eigenvalue weighted by molar-refractivity contribution is 7.98. The molecule has 1 aromatic carbocycles. The van der Waals surface area contributed by atoms with Gasteiger partial charge in [0.2, 0.25) is 0 Å². The third-order valence-corrected chi connectivity index (χ3v) is 5.44. The van der Waals surface area contributed by atoms with Crippen molar-refractivity contribution in [3.63, 3.8) is 0 Å². The van der Waals surface area contributed by atoms with Gasteiger partial charge in [-0.15, -0.1) is 11.8 Å². The van der Waals surface area contributed by atoms with Crippen molar-refractivity contribution >= 4 is 17.5 Å². The molecular weight excluding hydrogens is 284 g/mol. The first kappa shape index (κ1) is 15.1. The molecule has 3 nitrogen and oxygen atoms in total. The molecule has 2 heterocycles. The topological polar surface area (TPSA) is 35.5 Å². The van der Waals surface area contributed by atoms with Gasteiger partial charge < -0.3 is 9.47 Å². The summed E-state index contributed by atoms with van der Waals surface area (Å²) in [4.78, 5) is 14.0. The summed E-state index contributed by atoms with van der Waals surface area (Å²) in [5.74, 6) is 0.374. The Labute approximate surface area is 130 Å². The van der Waals surface area contributed by atoms with Crippen molar-refractivity contribution in [1.29, 1.82) is 0 Å². The van der Waals surface area contributed by atoms with Gasteiger partial charge in [-0.3, -0.25) is 4.79 Å². The fourth-order valence-corrected chi connectivity index (χ4v) is 4.01. The van der Waals surface area contributed by atoms with Gasteiger partial charge in [-0.05, 0) is 38.0 Å². The number of ether oxygens (including phenoxy) is 2. The highest BCUT2D eigenvalue weighted by Gasteiger charge is 2.41. The van der Waals surface area contributed by atoms with Crippen LogP contribution in [0.2, 0.25) is 0 Å². The number of hydrogen-bond acceptors (Lipinski definition) is 4. The van der Waals surface area contributed by atoms with Crippen LogP contribution in [-0.4, -0.2) is 37.5 Å². The molecular formula is C17H22O3S. The molecule has 3 rings (SSSR count). The Balaban J connectivity index is 1.78. The monoisotopic (exact) mass is 306 g/mol. The third-order valence-electron chi connectivity index (χ3n) is 4.64. The minimum atomic E-state index is -0.120. The lowest BCUT2D eigenvalue weighted by atomic mass is 9.78. The van der Waals surface area contributed by atoms with Gasteiger partial charge in [0.25, 0.3) is 0 Å². The van der Waals surface area contributed by atoms with Crippen LogP contribution in [0.3, 0.4) is 0 Å². The largest absolute Gasteiger partial charge is 0.381 e. The van der Waals surface area contributed by atoms with Crippen molar-refractivity contribution in [3.8, 4) is 0 Å². The Hall–Kier alpha value is -0.840. The van der Waals surface area contributed by atoms with Crippen molar-refractivity contribution in [3.05, 3.63) is 29.8 Å². The number of hydrogen-bond donors (Lipinski definition) is 0. The molecule has 2 fully saturated rings. The first-order valence-corrected chi connectivity index (χ1v) is 8.85. The second-order valence-corrected chi connectivity index (χ2v) is 6.75. The number of carbonyl (C=O) groups excluding carboxylic acids is 1. The Kier molecular flexibility index (Phi) is 4.67. The average molecular weight is 306 g/mol. The summed E-state index contributed by atoms with van der Waals surface area (Å²) >= 11 is 1.64. The molecule has 2 aliphatic heterocycles. The van der Waals surface area contributed by atoms with E-state index in [4.69, 9.17) is 9.47 Å². The predicted molar refractivity (Wildman–Crippen MR) is 84.0 cm³/mol. The van der Waals surface area contributed by atoms with Crippen molar-refractivity contribution in [1.82, 2.24) is 0 Å². The van der Waals surface area contributed by atoms with Crippen molar-refractivity contribution in [2.75, 3.05) is 26.1 Å². The molecule has 1 unspecified atom stereocenters. The van der Waals surface area contributed by atoms with E-state index in [1.54, 1.807) is 11.8 Å². The van der Waals surface area contributed by atoms with Gasteiger partial charge in [0.1, 0.15) is 0 Å². The molecule has 0 bridgehead atoms. The maximum Gasteiger partial charge on any atom is 0.167 e. The standard InChI is InChI=1S/C17H22O3S/c1-21-15-5-3-2-4-14(15)16(18)13-6-9-20-17(12-13)7-10-19-11-8-17/h2-5,13H,6-12H2,1H3. The maximum atomic E-state index is 12.9. The number of thioether (sulfide) groups is 1. The fraction of sp³-hybridized carbons (Fsp3) is 0.588. The van der Waals surface area contributed by atoms with Crippen molar-refractivity contribution in [2.45, 2.75) is 36.2 Å². The van der Waals surface area contributed by atoms with Crippen molar-refractivity contribution < 1.29 is 14.3 Å². The molecule has 114 valence electrons. The minimum absolute atomic E-state index is 0.0881. The Morgan fingerprint density at radius 3 is 2.76 bits per heavy atom. The molecule has 0 saturated carbocycles. The molecule has 1 spiro atoms. The normalized spacial score (nSPS) is 24.9. The first-order chi connectivity index (χ1) is 10.2. The molecule has 0 radical (unpaired) electrons. The third kappa shape index (κ3) is 3.17. The van der Waals surface area contributed by atoms with E-state index in [2.05, 4.69) is 0 Å². The van der Waals surface area contributed by atoms with Crippen LogP contribution in [0.25, 0.3) is 0 Å². The second kappa shape index (κ2) is 6.51. The SMILES string of the molecule is CSc1ccccc1C(=O)C1CCOC2(CCOCC2)C1. The van der Waals surface area contributed by atoms with Crippen LogP contribution in [0.5, 0.6) is 0 Å². The predicted octanol–water partition coefficient (Wildman–Crippen LogP) is 3.57. The van der Waals surface area contributed by atoms with Crippen LogP contribution in [0, 0.1) is 5.92 Å². The lowest BCUT2D eigenvalue weighted by Crippen LogP contribution is -2.45. The Morgan fingerprint density at radius 2 is 2.00 bits per heavy atom. The lowest BCUT2D eigenvalue weighted by molar-refractivity contribution is -0.142. The van der Waals surface area contributed by atoms with E-state index in [0.29, 0.717) is 6.61 Å². The molecule has 0 amide bonds. The van der Waals surface area contributed by atoms with E-state index >= 15 is 0 Å². The quantitative estimate of drug-likeness (QED) is 0.632. The molecule has 2 aliphatic rings. The van der Waals surface area contributed by atoms with Crippen LogP contribution in [0.1, 0.15) is 36.0 Å². The van der Waals surface area contributed by atoms with Gasteiger partial charge in [-0.1, -0.05) is 18.2 Å². The molecule has 0 aliphatic carbocycles. The summed E-state index contributed by atoms with van der Waals surface area (Å²) in [5.41, 5.74) is 0.754. The molecule has 0 aromatic heterocycles.